The van der Waals surface area contributed by atoms with Gasteiger partial charge >= 0.3 is 12.1 Å². The summed E-state index contributed by atoms with van der Waals surface area (Å²) in [6.45, 7) is -0.173. The Morgan fingerprint density at radius 1 is 1.02 bits per heavy atom. The van der Waals surface area contributed by atoms with Crippen molar-refractivity contribution in [3.8, 4) is 0 Å². The highest BCUT2D eigenvalue weighted by Crippen LogP contribution is 2.07. The lowest BCUT2D eigenvalue weighted by Gasteiger charge is -2.22. The molecule has 1 fully saturated rings. The van der Waals surface area contributed by atoms with Gasteiger partial charge in [-0.1, -0.05) is 30.3 Å². The zero-order valence-corrected chi connectivity index (χ0v) is 25.0. The van der Waals surface area contributed by atoms with Crippen molar-refractivity contribution in [2.45, 2.75) is 69.7 Å². The molecule has 46 heavy (non-hydrogen) atoms. The van der Waals surface area contributed by atoms with Gasteiger partial charge in [0.15, 0.2) is 5.03 Å². The van der Waals surface area contributed by atoms with Crippen molar-refractivity contribution in [3.05, 3.63) is 46.0 Å². The minimum Gasteiger partial charge on any atom is -0.480 e. The summed E-state index contributed by atoms with van der Waals surface area (Å²) in [7, 11) is 0. The van der Waals surface area contributed by atoms with Crippen LogP contribution in [0.4, 0.5) is 4.79 Å². The van der Waals surface area contributed by atoms with Crippen molar-refractivity contribution in [1.29, 1.82) is 0 Å². The van der Waals surface area contributed by atoms with Crippen LogP contribution in [0.2, 0.25) is 0 Å². The molecule has 0 unspecified atom stereocenters. The number of ether oxygens (including phenoxy) is 1. The molecule has 3 atom stereocenters. The van der Waals surface area contributed by atoms with Gasteiger partial charge in [0.05, 0.1) is 6.54 Å². The van der Waals surface area contributed by atoms with E-state index in [9.17, 15) is 44.0 Å². The van der Waals surface area contributed by atoms with E-state index in [2.05, 4.69) is 37.0 Å². The predicted octanol–water partition coefficient (Wildman–Crippen LogP) is -1.59. The Hall–Kier alpha value is -5.49. The molecular formula is C27H39N9O10. The second kappa shape index (κ2) is 19.7. The van der Waals surface area contributed by atoms with Gasteiger partial charge in [-0.2, -0.15) is 0 Å². The van der Waals surface area contributed by atoms with Crippen LogP contribution in [0.15, 0.2) is 35.4 Å². The topological polar surface area (TPSA) is 286 Å². The second-order valence-electron chi connectivity index (χ2n) is 10.2. The third-order valence-corrected chi connectivity index (χ3v) is 6.57. The average Bonchev–Trinajstić information content (AvgIpc) is 3.45. The highest BCUT2D eigenvalue weighted by Gasteiger charge is 2.29. The third-order valence-electron chi connectivity index (χ3n) is 6.57. The van der Waals surface area contributed by atoms with Gasteiger partial charge in [-0.05, 0) is 44.1 Å². The van der Waals surface area contributed by atoms with E-state index in [4.69, 9.17) is 10.5 Å². The van der Waals surface area contributed by atoms with E-state index in [-0.39, 0.29) is 57.7 Å². The number of nitrogens with one attached hydrogen (secondary N) is 6. The Morgan fingerprint density at radius 2 is 1.72 bits per heavy atom. The molecule has 19 heteroatoms. The Bertz CT molecular complexity index is 1260. The van der Waals surface area contributed by atoms with E-state index in [1.807, 2.05) is 18.2 Å². The SMILES string of the molecule is N/C(=N/[N+](=O)[O-])NCCC[C@H](NC(=O)[C@@H](CCCCNC(=O)OCc1ccccc1)NC(=O)CNC(=O)[C@@H]1CCC(=O)N1)C(=O)O. The fourth-order valence-electron chi connectivity index (χ4n) is 4.23. The summed E-state index contributed by atoms with van der Waals surface area (Å²) in [5.41, 5.74) is 6.14. The monoisotopic (exact) mass is 649 g/mol. The van der Waals surface area contributed by atoms with Crippen LogP contribution in [0.3, 0.4) is 0 Å². The molecule has 1 aromatic carbocycles. The summed E-state index contributed by atoms with van der Waals surface area (Å²) in [4.78, 5) is 83.4. The van der Waals surface area contributed by atoms with Gasteiger partial charge in [-0.3, -0.25) is 19.2 Å². The molecule has 0 bridgehead atoms. The van der Waals surface area contributed by atoms with E-state index in [0.29, 0.717) is 12.8 Å². The first-order chi connectivity index (χ1) is 21.9. The number of alkyl carbamates (subject to hydrolysis) is 1. The van der Waals surface area contributed by atoms with Gasteiger partial charge in [0, 0.05) is 19.5 Å². The van der Waals surface area contributed by atoms with Crippen LogP contribution in [-0.2, 0) is 35.3 Å². The largest absolute Gasteiger partial charge is 0.480 e. The van der Waals surface area contributed by atoms with E-state index >= 15 is 0 Å². The molecule has 9 N–H and O–H groups in total. The average molecular weight is 650 g/mol. The van der Waals surface area contributed by atoms with Crippen LogP contribution >= 0.6 is 0 Å². The van der Waals surface area contributed by atoms with E-state index in [1.54, 1.807) is 12.1 Å². The predicted molar refractivity (Wildman–Crippen MR) is 160 cm³/mol. The number of hydrazone groups is 1. The van der Waals surface area contributed by atoms with Crippen LogP contribution in [0.5, 0.6) is 0 Å². The number of nitrogens with zero attached hydrogens (tertiary/aromatic N) is 2. The smallest absolute Gasteiger partial charge is 0.407 e. The summed E-state index contributed by atoms with van der Waals surface area (Å²) in [5.74, 6) is -4.18. The molecule has 0 spiro atoms. The summed E-state index contributed by atoms with van der Waals surface area (Å²) < 4.78 is 5.14. The lowest BCUT2D eigenvalue weighted by Crippen LogP contribution is -2.53. The number of amides is 5. The summed E-state index contributed by atoms with van der Waals surface area (Å²) in [5, 5.41) is 36.6. The van der Waals surface area contributed by atoms with Crippen molar-refractivity contribution < 1.29 is 43.6 Å². The molecule has 252 valence electrons. The van der Waals surface area contributed by atoms with E-state index < -0.39 is 65.4 Å². The number of carboxylic acid groups (broad SMARTS) is 1. The molecule has 1 heterocycles. The lowest BCUT2D eigenvalue weighted by atomic mass is 10.1. The number of carboxylic acids is 1. The Kier molecular flexibility index (Phi) is 15.7. The number of carbonyl (C=O) groups excluding carboxylic acids is 5. The Balaban J connectivity index is 1.89. The number of carbonyl (C=O) groups is 6. The first-order valence-corrected chi connectivity index (χ1v) is 14.5. The van der Waals surface area contributed by atoms with Crippen LogP contribution < -0.4 is 37.6 Å². The lowest BCUT2D eigenvalue weighted by molar-refractivity contribution is -0.485. The fourth-order valence-corrected chi connectivity index (χ4v) is 4.23. The molecule has 0 aliphatic carbocycles. The maximum Gasteiger partial charge on any atom is 0.407 e. The summed E-state index contributed by atoms with van der Waals surface area (Å²) >= 11 is 0. The van der Waals surface area contributed by atoms with Crippen LogP contribution in [0.25, 0.3) is 0 Å². The standard InChI is InChI=1S/C27H39N9O10/c28-26(35-36(44)45)29-14-6-10-20(25(41)42)34-24(40)18(33-22(38)15-31-23(39)19-11-12-21(37)32-19)9-4-5-13-30-27(43)46-16-17-7-2-1-3-8-17/h1-3,7-8,18-20H,4-6,9-16H2,(H,30,43)(H,31,39)(H,32,37)(H,33,38)(H,34,40)(H,41,42)(H3,28,29,35)/t18-,19+,20+/m1/s1. The maximum absolute atomic E-state index is 13.1. The first kappa shape index (κ1) is 36.7. The van der Waals surface area contributed by atoms with Crippen LogP contribution in [0.1, 0.15) is 50.5 Å². The molecule has 1 aliphatic heterocycles. The normalized spacial score (nSPS) is 15.4. The third kappa shape index (κ3) is 14.8. The number of guanidine groups is 1. The molecule has 5 amide bonds. The van der Waals surface area contributed by atoms with Crippen molar-refractivity contribution in [1.82, 2.24) is 31.9 Å². The number of nitrogens with two attached hydrogens (primary N) is 1. The van der Waals surface area contributed by atoms with E-state index in [0.717, 1.165) is 5.56 Å². The number of unbranched alkanes of at least 4 members (excludes halogenated alkanes) is 1. The highest BCUT2D eigenvalue weighted by atomic mass is 16.7. The molecule has 0 saturated carbocycles. The molecule has 1 aromatic rings. The number of hydrogen-bond acceptors (Lipinski definition) is 9. The van der Waals surface area contributed by atoms with Crippen molar-refractivity contribution in [2.24, 2.45) is 10.8 Å². The minimum atomic E-state index is -1.37. The van der Waals surface area contributed by atoms with Crippen LogP contribution in [-0.4, -0.2) is 89.5 Å². The molecule has 19 nitrogen and oxygen atoms in total. The fraction of sp³-hybridized carbons (Fsp3) is 0.519. The molecular weight excluding hydrogens is 610 g/mol. The van der Waals surface area contributed by atoms with Crippen molar-refractivity contribution in [3.63, 3.8) is 0 Å². The van der Waals surface area contributed by atoms with Crippen molar-refractivity contribution >= 4 is 41.7 Å². The molecule has 0 aromatic heterocycles. The van der Waals surface area contributed by atoms with Crippen LogP contribution in [0, 0.1) is 10.1 Å². The zero-order valence-electron chi connectivity index (χ0n) is 25.0. The van der Waals surface area contributed by atoms with Gasteiger partial charge in [0.2, 0.25) is 23.6 Å². The number of aliphatic carboxylic acids is 1. The second-order valence-corrected chi connectivity index (χ2v) is 10.2. The van der Waals surface area contributed by atoms with Gasteiger partial charge in [-0.25, -0.2) is 19.7 Å². The number of nitro groups is 1. The molecule has 1 aliphatic rings. The summed E-state index contributed by atoms with van der Waals surface area (Å²) in [6, 6.07) is 5.76. The van der Waals surface area contributed by atoms with Crippen molar-refractivity contribution in [2.75, 3.05) is 19.6 Å². The molecule has 2 rings (SSSR count). The Morgan fingerprint density at radius 3 is 2.37 bits per heavy atom. The highest BCUT2D eigenvalue weighted by molar-refractivity contribution is 5.94. The summed E-state index contributed by atoms with van der Waals surface area (Å²) in [6.07, 6.45) is 0.669. The van der Waals surface area contributed by atoms with Gasteiger partial charge in [0.25, 0.3) is 5.96 Å². The Labute approximate surface area is 263 Å². The first-order valence-electron chi connectivity index (χ1n) is 14.5. The molecule has 0 radical (unpaired) electrons. The molecule has 1 saturated heterocycles. The quantitative estimate of drug-likeness (QED) is 0.0277. The van der Waals surface area contributed by atoms with E-state index in [1.165, 1.54) is 0 Å². The minimum absolute atomic E-state index is 0.0327. The number of rotatable bonds is 19. The maximum atomic E-state index is 13.1. The zero-order chi connectivity index (χ0) is 33.9. The number of benzene rings is 1. The van der Waals surface area contributed by atoms with Gasteiger partial charge in [-0.15, -0.1) is 0 Å². The van der Waals surface area contributed by atoms with Gasteiger partial charge in [0.1, 0.15) is 29.8 Å². The van der Waals surface area contributed by atoms with Gasteiger partial charge < -0.3 is 47.5 Å². The number of hydrogen-bond donors (Lipinski definition) is 8.